The molecule has 0 radical (unpaired) electrons. The predicted molar refractivity (Wildman–Crippen MR) is 48.7 cm³/mol. The van der Waals surface area contributed by atoms with Crippen LogP contribution < -0.4 is 0 Å². The molecule has 1 rings (SSSR count). The minimum atomic E-state index is -0.826. The van der Waals surface area contributed by atoms with Gasteiger partial charge in [0.1, 0.15) is 0 Å². The van der Waals surface area contributed by atoms with Crippen LogP contribution in [0, 0.1) is 16.7 Å². The van der Waals surface area contributed by atoms with Gasteiger partial charge in [-0.1, -0.05) is 20.3 Å². The highest BCUT2D eigenvalue weighted by Gasteiger charge is 2.47. The molecule has 1 atom stereocenters. The molecule has 0 heterocycles. The second kappa shape index (κ2) is 3.32. The van der Waals surface area contributed by atoms with Gasteiger partial charge in [0.05, 0.1) is 6.07 Å². The van der Waals surface area contributed by atoms with E-state index in [9.17, 15) is 4.79 Å². The Morgan fingerprint density at radius 3 is 2.38 bits per heavy atom. The first-order valence-corrected chi connectivity index (χ1v) is 4.58. The van der Waals surface area contributed by atoms with Gasteiger partial charge in [-0.2, -0.15) is 10.3 Å². The highest BCUT2D eigenvalue weighted by atomic mass is 16.1. The van der Waals surface area contributed by atoms with Crippen LogP contribution in [-0.2, 0) is 4.79 Å². The quantitative estimate of drug-likeness (QED) is 0.456. The van der Waals surface area contributed by atoms with Crippen molar-refractivity contribution < 1.29 is 4.79 Å². The standard InChI is InChI=1S/C10H14N2O/c1-9(2)5-3-4-6-10(9,7-11)12-8-13/h3-6H2,1-2H3. The fourth-order valence-electron chi connectivity index (χ4n) is 2.01. The van der Waals surface area contributed by atoms with Crippen LogP contribution >= 0.6 is 0 Å². The van der Waals surface area contributed by atoms with Gasteiger partial charge in [0.2, 0.25) is 6.08 Å². The summed E-state index contributed by atoms with van der Waals surface area (Å²) in [4.78, 5) is 14.0. The minimum Gasteiger partial charge on any atom is -0.211 e. The van der Waals surface area contributed by atoms with Gasteiger partial charge in [-0.15, -0.1) is 0 Å². The van der Waals surface area contributed by atoms with Gasteiger partial charge in [-0.25, -0.2) is 4.79 Å². The van der Waals surface area contributed by atoms with Crippen molar-refractivity contribution in [3.05, 3.63) is 0 Å². The van der Waals surface area contributed by atoms with Gasteiger partial charge in [-0.05, 0) is 19.3 Å². The van der Waals surface area contributed by atoms with Crippen LogP contribution in [0.15, 0.2) is 4.99 Å². The molecule has 0 bridgehead atoms. The lowest BCUT2D eigenvalue weighted by Gasteiger charge is -2.41. The van der Waals surface area contributed by atoms with Crippen LogP contribution in [0.2, 0.25) is 0 Å². The maximum atomic E-state index is 10.3. The first-order valence-electron chi connectivity index (χ1n) is 4.58. The molecule has 0 saturated heterocycles. The fraction of sp³-hybridized carbons (Fsp3) is 0.800. The maximum absolute atomic E-state index is 10.3. The molecular formula is C10H14N2O. The normalized spacial score (nSPS) is 31.5. The van der Waals surface area contributed by atoms with Gasteiger partial charge in [0.25, 0.3) is 0 Å². The zero-order valence-electron chi connectivity index (χ0n) is 8.13. The number of rotatable bonds is 1. The van der Waals surface area contributed by atoms with Crippen LogP contribution in [0.25, 0.3) is 0 Å². The largest absolute Gasteiger partial charge is 0.236 e. The third-order valence-electron chi connectivity index (χ3n) is 3.13. The van der Waals surface area contributed by atoms with Crippen LogP contribution in [0.5, 0.6) is 0 Å². The van der Waals surface area contributed by atoms with Crippen molar-refractivity contribution >= 4 is 6.08 Å². The molecule has 0 N–H and O–H groups in total. The second-order valence-corrected chi connectivity index (χ2v) is 4.27. The van der Waals surface area contributed by atoms with E-state index in [1.807, 2.05) is 13.8 Å². The lowest BCUT2D eigenvalue weighted by molar-refractivity contribution is 0.149. The summed E-state index contributed by atoms with van der Waals surface area (Å²) in [6, 6.07) is 2.18. The smallest absolute Gasteiger partial charge is 0.211 e. The number of nitrogens with zero attached hydrogens (tertiary/aromatic N) is 2. The van der Waals surface area contributed by atoms with E-state index < -0.39 is 5.54 Å². The molecule has 0 aromatic carbocycles. The van der Waals surface area contributed by atoms with Crippen LogP contribution in [0.4, 0.5) is 0 Å². The number of aliphatic imine (C=N–C) groups is 1. The third kappa shape index (κ3) is 1.50. The van der Waals surface area contributed by atoms with Crippen molar-refractivity contribution in [2.24, 2.45) is 10.4 Å². The van der Waals surface area contributed by atoms with Gasteiger partial charge in [0.15, 0.2) is 5.54 Å². The summed E-state index contributed by atoms with van der Waals surface area (Å²) < 4.78 is 0. The summed E-state index contributed by atoms with van der Waals surface area (Å²) in [6.45, 7) is 3.99. The molecule has 1 aliphatic carbocycles. The Morgan fingerprint density at radius 1 is 1.31 bits per heavy atom. The second-order valence-electron chi connectivity index (χ2n) is 4.27. The fourth-order valence-corrected chi connectivity index (χ4v) is 2.01. The zero-order chi connectivity index (χ0) is 9.95. The first-order chi connectivity index (χ1) is 6.08. The van der Waals surface area contributed by atoms with Crippen LogP contribution in [0.3, 0.4) is 0 Å². The van der Waals surface area contributed by atoms with E-state index in [1.54, 1.807) is 0 Å². The molecule has 3 nitrogen and oxygen atoms in total. The number of nitriles is 1. The molecule has 1 saturated carbocycles. The molecule has 1 aliphatic rings. The Kier molecular flexibility index (Phi) is 2.54. The van der Waals surface area contributed by atoms with Crippen molar-refractivity contribution in [3.63, 3.8) is 0 Å². The Hall–Kier alpha value is -1.13. The average molecular weight is 178 g/mol. The maximum Gasteiger partial charge on any atom is 0.236 e. The minimum absolute atomic E-state index is 0.197. The molecule has 3 heteroatoms. The highest BCUT2D eigenvalue weighted by Crippen LogP contribution is 2.45. The Morgan fingerprint density at radius 2 is 1.92 bits per heavy atom. The summed E-state index contributed by atoms with van der Waals surface area (Å²) in [6.07, 6.45) is 5.26. The third-order valence-corrected chi connectivity index (χ3v) is 3.13. The van der Waals surface area contributed by atoms with E-state index >= 15 is 0 Å². The van der Waals surface area contributed by atoms with Crippen molar-refractivity contribution in [1.29, 1.82) is 5.26 Å². The number of hydrogen-bond donors (Lipinski definition) is 0. The Balaban J connectivity index is 3.08. The zero-order valence-corrected chi connectivity index (χ0v) is 8.13. The molecule has 70 valence electrons. The lowest BCUT2D eigenvalue weighted by atomic mass is 9.64. The van der Waals surface area contributed by atoms with Crippen molar-refractivity contribution in [2.75, 3.05) is 0 Å². The summed E-state index contributed by atoms with van der Waals surface area (Å²) in [5.74, 6) is 0. The molecule has 1 unspecified atom stereocenters. The number of carbonyl (C=O) groups excluding carboxylic acids is 1. The van der Waals surface area contributed by atoms with Gasteiger partial charge in [0, 0.05) is 5.41 Å². The highest BCUT2D eigenvalue weighted by molar-refractivity contribution is 5.38. The molecule has 0 amide bonds. The van der Waals surface area contributed by atoms with E-state index in [0.29, 0.717) is 6.42 Å². The van der Waals surface area contributed by atoms with E-state index in [1.165, 1.54) is 6.08 Å². The lowest BCUT2D eigenvalue weighted by Crippen LogP contribution is -2.44. The molecule has 13 heavy (non-hydrogen) atoms. The van der Waals surface area contributed by atoms with Crippen molar-refractivity contribution in [1.82, 2.24) is 0 Å². The number of hydrogen-bond acceptors (Lipinski definition) is 3. The Labute approximate surface area is 78.5 Å². The van der Waals surface area contributed by atoms with E-state index in [2.05, 4.69) is 11.1 Å². The SMILES string of the molecule is CC1(C)CCCCC1(C#N)N=C=O. The molecule has 0 spiro atoms. The van der Waals surface area contributed by atoms with Gasteiger partial charge < -0.3 is 0 Å². The summed E-state index contributed by atoms with van der Waals surface area (Å²) in [7, 11) is 0. The summed E-state index contributed by atoms with van der Waals surface area (Å²) in [5.41, 5.74) is -1.02. The number of isocyanates is 1. The molecule has 0 aromatic heterocycles. The van der Waals surface area contributed by atoms with Gasteiger partial charge >= 0.3 is 0 Å². The molecular weight excluding hydrogens is 164 g/mol. The van der Waals surface area contributed by atoms with Crippen molar-refractivity contribution in [2.45, 2.75) is 45.1 Å². The van der Waals surface area contributed by atoms with Crippen LogP contribution in [0.1, 0.15) is 39.5 Å². The summed E-state index contributed by atoms with van der Waals surface area (Å²) >= 11 is 0. The van der Waals surface area contributed by atoms with Crippen LogP contribution in [-0.4, -0.2) is 11.6 Å². The molecule has 0 aromatic rings. The topological polar surface area (TPSA) is 53.2 Å². The molecule has 0 aliphatic heterocycles. The first kappa shape index (κ1) is 9.95. The monoisotopic (exact) mass is 178 g/mol. The average Bonchev–Trinajstić information content (AvgIpc) is 2.09. The van der Waals surface area contributed by atoms with E-state index in [0.717, 1.165) is 19.3 Å². The predicted octanol–water partition coefficient (Wildman–Crippen LogP) is 2.18. The molecule has 1 fully saturated rings. The Bertz CT molecular complexity index is 284. The summed E-state index contributed by atoms with van der Waals surface area (Å²) in [5, 5.41) is 9.09. The van der Waals surface area contributed by atoms with Crippen molar-refractivity contribution in [3.8, 4) is 6.07 Å². The van der Waals surface area contributed by atoms with Gasteiger partial charge in [-0.3, -0.25) is 0 Å². The van der Waals surface area contributed by atoms with E-state index in [4.69, 9.17) is 5.26 Å². The van der Waals surface area contributed by atoms with E-state index in [-0.39, 0.29) is 5.41 Å².